The van der Waals surface area contributed by atoms with Gasteiger partial charge in [0.2, 0.25) is 0 Å². The van der Waals surface area contributed by atoms with Crippen molar-refractivity contribution in [2.75, 3.05) is 5.43 Å². The highest BCUT2D eigenvalue weighted by molar-refractivity contribution is 5.96. The zero-order valence-electron chi connectivity index (χ0n) is 19.8. The van der Waals surface area contributed by atoms with E-state index in [1.165, 1.54) is 24.6 Å². The van der Waals surface area contributed by atoms with Gasteiger partial charge in [0.25, 0.3) is 0 Å². The van der Waals surface area contributed by atoms with E-state index in [0.29, 0.717) is 11.4 Å². The van der Waals surface area contributed by atoms with Crippen LogP contribution in [0.5, 0.6) is 0 Å². The number of nitrogens with two attached hydrogens (primary N) is 1. The number of anilines is 1. The second-order valence-electron chi connectivity index (χ2n) is 7.38. The van der Waals surface area contributed by atoms with Crippen molar-refractivity contribution < 1.29 is 27.2 Å². The molecule has 0 fully saturated rings. The van der Waals surface area contributed by atoms with Gasteiger partial charge >= 0.3 is 0 Å². The Kier molecular flexibility index (Phi) is 10.9. The first-order chi connectivity index (χ1) is 16.8. The Morgan fingerprint density at radius 1 is 0.889 bits per heavy atom. The molecule has 0 aliphatic carbocycles. The van der Waals surface area contributed by atoms with E-state index in [-0.39, 0.29) is 40.5 Å². The van der Waals surface area contributed by atoms with Crippen molar-refractivity contribution in [1.29, 1.82) is 10.5 Å². The monoisotopic (exact) mass is 502 g/mol. The van der Waals surface area contributed by atoms with Crippen molar-refractivity contribution in [3.05, 3.63) is 76.1 Å². The lowest BCUT2D eigenvalue weighted by Crippen LogP contribution is -2.09. The molecule has 3 aromatic rings. The molecule has 2 aromatic carbocycles. The minimum atomic E-state index is -0.799. The van der Waals surface area contributed by atoms with Crippen LogP contribution >= 0.6 is 0 Å². The summed E-state index contributed by atoms with van der Waals surface area (Å²) >= 11 is 0. The molecule has 1 heterocycles. The molecule has 0 amide bonds. The van der Waals surface area contributed by atoms with Crippen molar-refractivity contribution in [3.63, 3.8) is 0 Å². The van der Waals surface area contributed by atoms with Crippen molar-refractivity contribution in [2.45, 2.75) is 34.1 Å². The van der Waals surface area contributed by atoms with E-state index >= 15 is 0 Å². The zero-order valence-corrected chi connectivity index (χ0v) is 19.8. The second-order valence-corrected chi connectivity index (χ2v) is 7.38. The number of nitrogens with zero attached hydrogens (tertiary/aromatic N) is 4. The van der Waals surface area contributed by atoms with E-state index in [1.54, 1.807) is 26.0 Å². The summed E-state index contributed by atoms with van der Waals surface area (Å²) in [5.41, 5.74) is 2.56. The van der Waals surface area contributed by atoms with Crippen LogP contribution in [0.25, 0.3) is 5.69 Å². The maximum Gasteiger partial charge on any atom is 0.150 e. The molecule has 188 valence electrons. The number of aromatic nitrogens is 2. The van der Waals surface area contributed by atoms with E-state index in [0.717, 1.165) is 24.3 Å². The van der Waals surface area contributed by atoms with Crippen LogP contribution in [0.4, 0.5) is 23.2 Å². The van der Waals surface area contributed by atoms with Crippen LogP contribution in [0.2, 0.25) is 0 Å². The maximum atomic E-state index is 13.7. The van der Waals surface area contributed by atoms with Gasteiger partial charge in [-0.25, -0.2) is 22.2 Å². The number of carbonyl (C=O) groups is 2. The lowest BCUT2D eigenvalue weighted by molar-refractivity contribution is -0.124. The SMILES string of the molecule is CC(=O)CC(C)=O.Cc1cc(C)n(-c2cc(F)c(C#N)cc2F)n1.N#Cc1cc(F)c(NN)cc1F. The number of nitrogen functional groups attached to an aromatic ring is 1. The number of nitriles is 2. The number of hydrogen-bond donors (Lipinski definition) is 2. The summed E-state index contributed by atoms with van der Waals surface area (Å²) in [6.45, 7) is 6.32. The number of hydrogen-bond acceptors (Lipinski definition) is 7. The highest BCUT2D eigenvalue weighted by atomic mass is 19.1. The molecule has 0 aliphatic rings. The molecule has 0 radical (unpaired) electrons. The van der Waals surface area contributed by atoms with E-state index in [1.807, 2.05) is 5.43 Å². The first-order valence-electron chi connectivity index (χ1n) is 10.1. The van der Waals surface area contributed by atoms with Gasteiger partial charge in [0, 0.05) is 17.8 Å². The van der Waals surface area contributed by atoms with Crippen LogP contribution in [0, 0.1) is 59.8 Å². The van der Waals surface area contributed by atoms with Crippen LogP contribution in [-0.2, 0) is 9.59 Å². The number of nitrogens with one attached hydrogen (secondary N) is 1. The van der Waals surface area contributed by atoms with Crippen LogP contribution in [0.15, 0.2) is 30.3 Å². The molecule has 3 rings (SSSR count). The molecule has 0 spiro atoms. The van der Waals surface area contributed by atoms with Crippen molar-refractivity contribution in [3.8, 4) is 17.8 Å². The second kappa shape index (κ2) is 13.4. The topological polar surface area (TPSA) is 138 Å². The molecule has 0 saturated carbocycles. The number of rotatable bonds is 4. The van der Waals surface area contributed by atoms with Crippen LogP contribution in [0.3, 0.4) is 0 Å². The molecule has 3 N–H and O–H groups in total. The van der Waals surface area contributed by atoms with Gasteiger partial charge in [-0.3, -0.25) is 15.4 Å². The average Bonchev–Trinajstić information content (AvgIpc) is 3.13. The minimum Gasteiger partial charge on any atom is -0.321 e. The van der Waals surface area contributed by atoms with Crippen molar-refractivity contribution in [2.24, 2.45) is 5.84 Å². The van der Waals surface area contributed by atoms with Gasteiger partial charge in [-0.05, 0) is 45.9 Å². The maximum absolute atomic E-state index is 13.7. The Balaban J connectivity index is 0.000000298. The van der Waals surface area contributed by atoms with Gasteiger partial charge in [0.1, 0.15) is 52.7 Å². The van der Waals surface area contributed by atoms with Crippen molar-refractivity contribution >= 4 is 17.3 Å². The lowest BCUT2D eigenvalue weighted by atomic mass is 10.2. The fourth-order valence-electron chi connectivity index (χ4n) is 2.75. The fraction of sp³-hybridized carbons (Fsp3) is 0.208. The molecule has 0 atom stereocenters. The molecule has 36 heavy (non-hydrogen) atoms. The summed E-state index contributed by atoms with van der Waals surface area (Å²) < 4.78 is 53.9. The minimum absolute atomic E-state index is 0.00657. The van der Waals surface area contributed by atoms with E-state index in [2.05, 4.69) is 5.10 Å². The molecule has 1 aromatic heterocycles. The Morgan fingerprint density at radius 2 is 1.39 bits per heavy atom. The molecular weight excluding hydrogens is 480 g/mol. The van der Waals surface area contributed by atoms with E-state index < -0.39 is 23.3 Å². The molecule has 12 heteroatoms. The summed E-state index contributed by atoms with van der Waals surface area (Å²) in [6, 6.07) is 8.32. The number of carbonyl (C=O) groups excluding carboxylic acids is 2. The third-order valence-corrected chi connectivity index (χ3v) is 4.23. The molecular formula is C24H22F4N6O2. The molecule has 8 nitrogen and oxygen atoms in total. The van der Waals surface area contributed by atoms with Gasteiger partial charge in [-0.2, -0.15) is 15.6 Å². The highest BCUT2D eigenvalue weighted by Gasteiger charge is 2.13. The summed E-state index contributed by atoms with van der Waals surface area (Å²) in [6.07, 6.45) is 0.0833. The number of halogens is 4. The number of hydrazine groups is 1. The van der Waals surface area contributed by atoms with Crippen molar-refractivity contribution in [1.82, 2.24) is 9.78 Å². The predicted octanol–water partition coefficient (Wildman–Crippen LogP) is 4.32. The largest absolute Gasteiger partial charge is 0.321 e. The Labute approximate surface area is 204 Å². The molecule has 0 bridgehead atoms. The molecule has 0 saturated heterocycles. The molecule has 0 unspecified atom stereocenters. The summed E-state index contributed by atoms with van der Waals surface area (Å²) in [7, 11) is 0. The highest BCUT2D eigenvalue weighted by Crippen LogP contribution is 2.20. The van der Waals surface area contributed by atoms with Crippen LogP contribution in [0.1, 0.15) is 42.8 Å². The summed E-state index contributed by atoms with van der Waals surface area (Å²) in [5.74, 6) is 1.77. The number of Topliss-reactive ketones (excluding diaryl/α,β-unsaturated/α-hetero) is 2. The zero-order chi connectivity index (χ0) is 27.6. The number of benzene rings is 2. The Bertz CT molecular complexity index is 1340. The predicted molar refractivity (Wildman–Crippen MR) is 123 cm³/mol. The number of ketones is 2. The van der Waals surface area contributed by atoms with Gasteiger partial charge < -0.3 is 5.43 Å². The van der Waals surface area contributed by atoms with Gasteiger partial charge in [-0.1, -0.05) is 0 Å². The first kappa shape index (κ1) is 29.5. The normalized spacial score (nSPS) is 9.53. The van der Waals surface area contributed by atoms with Gasteiger partial charge in [0.15, 0.2) is 0 Å². The Morgan fingerprint density at radius 3 is 1.78 bits per heavy atom. The number of aryl methyl sites for hydroxylation is 2. The fourth-order valence-corrected chi connectivity index (χ4v) is 2.75. The smallest absolute Gasteiger partial charge is 0.150 e. The summed E-state index contributed by atoms with van der Waals surface area (Å²) in [4.78, 5) is 20.1. The van der Waals surface area contributed by atoms with E-state index in [4.69, 9.17) is 16.4 Å². The average molecular weight is 502 g/mol. The molecule has 0 aliphatic heterocycles. The third-order valence-electron chi connectivity index (χ3n) is 4.23. The standard InChI is InChI=1S/C12H9F2N3.C7H5F2N3.C5H8O2/c1-7-3-8(2)17(16-7)12-5-10(13)9(6-15)4-11(12)14;8-5-2-7(12-11)6(9)1-4(5)3-10;1-4(6)3-5(2)7/h3-5H,1-2H3;1-2,12H,11H2;3H2,1-2H3. The first-order valence-corrected chi connectivity index (χ1v) is 10.1. The van der Waals surface area contributed by atoms with Crippen LogP contribution in [-0.4, -0.2) is 21.3 Å². The lowest BCUT2D eigenvalue weighted by Gasteiger charge is -2.06. The van der Waals surface area contributed by atoms with Crippen LogP contribution < -0.4 is 11.3 Å². The Hall–Kier alpha value is -4.55. The van der Waals surface area contributed by atoms with Gasteiger partial charge in [0.05, 0.1) is 28.9 Å². The van der Waals surface area contributed by atoms with E-state index in [9.17, 15) is 27.2 Å². The quantitative estimate of drug-likeness (QED) is 0.235. The summed E-state index contributed by atoms with van der Waals surface area (Å²) in [5, 5.41) is 20.9. The third kappa shape index (κ3) is 8.34. The van der Waals surface area contributed by atoms with Gasteiger partial charge in [-0.15, -0.1) is 0 Å².